The number of aromatic hydroxyl groups is 3. The van der Waals surface area contributed by atoms with E-state index in [1.165, 1.54) is 18.2 Å². The van der Waals surface area contributed by atoms with E-state index >= 15 is 0 Å². The van der Waals surface area contributed by atoms with Gasteiger partial charge in [0.1, 0.15) is 0 Å². The van der Waals surface area contributed by atoms with Gasteiger partial charge in [0.2, 0.25) is 0 Å². The minimum atomic E-state index is -0.475. The molecule has 4 heteroatoms. The van der Waals surface area contributed by atoms with E-state index in [1.54, 1.807) is 0 Å². The van der Waals surface area contributed by atoms with E-state index in [-0.39, 0.29) is 28.6 Å². The summed E-state index contributed by atoms with van der Waals surface area (Å²) in [5, 5.41) is 26.1. The summed E-state index contributed by atoms with van der Waals surface area (Å²) in [6, 6.07) is 4.01. The van der Waals surface area contributed by atoms with Crippen LogP contribution >= 0.6 is 0 Å². The standard InChI is InChI=1S/C6H6O3.Cu/c7-4-2-1-3-5(8)6(4)9;/h1-3,7-9H;/q;+1. The van der Waals surface area contributed by atoms with Gasteiger partial charge >= 0.3 is 17.1 Å². The van der Waals surface area contributed by atoms with Gasteiger partial charge < -0.3 is 15.3 Å². The van der Waals surface area contributed by atoms with Gasteiger partial charge in [0.15, 0.2) is 17.2 Å². The largest absolute Gasteiger partial charge is 1.00 e. The third-order valence-electron chi connectivity index (χ3n) is 0.993. The first-order chi connectivity index (χ1) is 4.22. The Labute approximate surface area is 68.4 Å². The zero-order valence-electron chi connectivity index (χ0n) is 4.88. The molecule has 1 aromatic carbocycles. The molecule has 0 amide bonds. The summed E-state index contributed by atoms with van der Waals surface area (Å²) in [5.74, 6) is -1.09. The molecule has 0 spiro atoms. The maximum Gasteiger partial charge on any atom is 1.00 e. The number of para-hydroxylation sites is 1. The van der Waals surface area contributed by atoms with Crippen molar-refractivity contribution in [2.75, 3.05) is 0 Å². The molecule has 0 saturated carbocycles. The molecule has 0 atom stereocenters. The van der Waals surface area contributed by atoms with Crippen LogP contribution in [0.3, 0.4) is 0 Å². The third kappa shape index (κ3) is 1.56. The molecule has 0 radical (unpaired) electrons. The molecule has 58 valence electrons. The Kier molecular flexibility index (Phi) is 3.06. The van der Waals surface area contributed by atoms with Crippen molar-refractivity contribution in [3.8, 4) is 17.2 Å². The van der Waals surface area contributed by atoms with Crippen LogP contribution in [0.4, 0.5) is 0 Å². The topological polar surface area (TPSA) is 60.7 Å². The van der Waals surface area contributed by atoms with Crippen LogP contribution in [0.25, 0.3) is 0 Å². The second kappa shape index (κ2) is 3.34. The summed E-state index contributed by atoms with van der Waals surface area (Å²) in [5.41, 5.74) is 0. The van der Waals surface area contributed by atoms with E-state index in [9.17, 15) is 0 Å². The predicted octanol–water partition coefficient (Wildman–Crippen LogP) is 0.801. The number of rotatable bonds is 0. The molecule has 0 fully saturated rings. The molecule has 0 aliphatic rings. The molecule has 3 N–H and O–H groups in total. The van der Waals surface area contributed by atoms with Crippen molar-refractivity contribution in [2.24, 2.45) is 0 Å². The molecule has 0 unspecified atom stereocenters. The third-order valence-corrected chi connectivity index (χ3v) is 0.993. The van der Waals surface area contributed by atoms with E-state index < -0.39 is 5.75 Å². The second-order valence-electron chi connectivity index (χ2n) is 1.64. The maximum absolute atomic E-state index is 8.71. The van der Waals surface area contributed by atoms with Crippen LogP contribution in [0.5, 0.6) is 17.2 Å². The van der Waals surface area contributed by atoms with Crippen molar-refractivity contribution in [2.45, 2.75) is 0 Å². The van der Waals surface area contributed by atoms with Crippen LogP contribution in [0, 0.1) is 0 Å². The molecule has 0 bridgehead atoms. The van der Waals surface area contributed by atoms with E-state index in [0.29, 0.717) is 0 Å². The van der Waals surface area contributed by atoms with Crippen molar-refractivity contribution < 1.29 is 32.4 Å². The van der Waals surface area contributed by atoms with Gasteiger partial charge in [0.05, 0.1) is 0 Å². The Morgan fingerprint density at radius 1 is 0.900 bits per heavy atom. The summed E-state index contributed by atoms with van der Waals surface area (Å²) in [6.45, 7) is 0. The van der Waals surface area contributed by atoms with Crippen molar-refractivity contribution in [1.29, 1.82) is 0 Å². The molecular weight excluding hydrogens is 184 g/mol. The van der Waals surface area contributed by atoms with Crippen LogP contribution in [0.2, 0.25) is 0 Å². The Bertz CT molecular complexity index is 204. The SMILES string of the molecule is Oc1cccc(O)c1O.[Cu+]. The molecule has 0 aromatic heterocycles. The molecule has 0 aliphatic carbocycles. The van der Waals surface area contributed by atoms with Crippen LogP contribution in [-0.4, -0.2) is 15.3 Å². The van der Waals surface area contributed by atoms with E-state index in [1.807, 2.05) is 0 Å². The second-order valence-corrected chi connectivity index (χ2v) is 1.64. The van der Waals surface area contributed by atoms with Gasteiger partial charge in [-0.25, -0.2) is 0 Å². The summed E-state index contributed by atoms with van der Waals surface area (Å²) in [7, 11) is 0. The van der Waals surface area contributed by atoms with Crippen molar-refractivity contribution in [3.63, 3.8) is 0 Å². The first-order valence-corrected chi connectivity index (χ1v) is 2.41. The molecule has 0 heterocycles. The first kappa shape index (κ1) is 9.14. The minimum absolute atomic E-state index is 0. The van der Waals surface area contributed by atoms with Crippen molar-refractivity contribution >= 4 is 0 Å². The Morgan fingerprint density at radius 2 is 1.30 bits per heavy atom. The van der Waals surface area contributed by atoms with Gasteiger partial charge in [0.25, 0.3) is 0 Å². The average Bonchev–Trinajstić information content (AvgIpc) is 1.83. The molecule has 1 rings (SSSR count). The molecule has 0 aliphatic heterocycles. The monoisotopic (exact) mass is 189 g/mol. The number of benzene rings is 1. The van der Waals surface area contributed by atoms with E-state index in [4.69, 9.17) is 15.3 Å². The Morgan fingerprint density at radius 3 is 1.60 bits per heavy atom. The van der Waals surface area contributed by atoms with E-state index in [2.05, 4.69) is 0 Å². The maximum atomic E-state index is 8.71. The van der Waals surface area contributed by atoms with Crippen LogP contribution in [0.15, 0.2) is 18.2 Å². The number of phenols is 3. The summed E-state index contributed by atoms with van der Waals surface area (Å²) in [6.07, 6.45) is 0. The summed E-state index contributed by atoms with van der Waals surface area (Å²) < 4.78 is 0. The summed E-state index contributed by atoms with van der Waals surface area (Å²) in [4.78, 5) is 0. The first-order valence-electron chi connectivity index (χ1n) is 2.41. The fourth-order valence-corrected chi connectivity index (χ4v) is 0.519. The Hall–Kier alpha value is -0.861. The predicted molar refractivity (Wildman–Crippen MR) is 31.4 cm³/mol. The summed E-state index contributed by atoms with van der Waals surface area (Å²) >= 11 is 0. The van der Waals surface area contributed by atoms with Gasteiger partial charge in [-0.3, -0.25) is 0 Å². The van der Waals surface area contributed by atoms with Gasteiger partial charge in [0, 0.05) is 0 Å². The van der Waals surface area contributed by atoms with Crippen LogP contribution in [0.1, 0.15) is 0 Å². The van der Waals surface area contributed by atoms with Gasteiger partial charge in [-0.15, -0.1) is 0 Å². The molecule has 10 heavy (non-hydrogen) atoms. The van der Waals surface area contributed by atoms with E-state index in [0.717, 1.165) is 0 Å². The number of hydrogen-bond donors (Lipinski definition) is 3. The molecular formula is C6H6CuO3+. The molecule has 1 aromatic rings. The average molecular weight is 190 g/mol. The fraction of sp³-hybridized carbons (Fsp3) is 0. The quantitative estimate of drug-likeness (QED) is 0.418. The number of hydrogen-bond acceptors (Lipinski definition) is 3. The zero-order chi connectivity index (χ0) is 6.85. The normalized spacial score (nSPS) is 8.40. The molecule has 0 saturated heterocycles. The molecule has 3 nitrogen and oxygen atoms in total. The van der Waals surface area contributed by atoms with Gasteiger partial charge in [-0.1, -0.05) is 6.07 Å². The Balaban J connectivity index is 0.000000810. The van der Waals surface area contributed by atoms with Gasteiger partial charge in [-0.2, -0.15) is 0 Å². The van der Waals surface area contributed by atoms with Crippen molar-refractivity contribution in [3.05, 3.63) is 18.2 Å². The fourth-order valence-electron chi connectivity index (χ4n) is 0.519. The number of phenolic OH excluding ortho intramolecular Hbond substituents is 3. The minimum Gasteiger partial charge on any atom is -0.504 e. The van der Waals surface area contributed by atoms with Gasteiger partial charge in [-0.05, 0) is 12.1 Å². The smallest absolute Gasteiger partial charge is 0.504 e. The van der Waals surface area contributed by atoms with Crippen LogP contribution < -0.4 is 0 Å². The van der Waals surface area contributed by atoms with Crippen molar-refractivity contribution in [1.82, 2.24) is 0 Å². The zero-order valence-corrected chi connectivity index (χ0v) is 5.82. The van der Waals surface area contributed by atoms with Crippen LogP contribution in [-0.2, 0) is 17.1 Å².